The molecule has 5 heteroatoms. The molecule has 108 valence electrons. The van der Waals surface area contributed by atoms with E-state index >= 15 is 0 Å². The first-order chi connectivity index (χ1) is 10.2. The van der Waals surface area contributed by atoms with Crippen LogP contribution < -0.4 is 4.74 Å². The molecule has 1 aromatic heterocycles. The third kappa shape index (κ3) is 2.21. The Kier molecular flexibility index (Phi) is 3.47. The first-order valence-corrected chi connectivity index (χ1v) is 7.05. The number of aromatic hydroxyl groups is 1. The third-order valence-corrected chi connectivity index (χ3v) is 3.72. The van der Waals surface area contributed by atoms with E-state index in [1.807, 2.05) is 41.8 Å². The summed E-state index contributed by atoms with van der Waals surface area (Å²) in [7, 11) is 1.53. The number of methoxy groups -OCH3 is 1. The molecule has 0 unspecified atom stereocenters. The van der Waals surface area contributed by atoms with Gasteiger partial charge >= 0.3 is 0 Å². The first-order valence-electron chi connectivity index (χ1n) is 6.67. The Bertz CT molecular complexity index is 811. The Balaban J connectivity index is 2.30. The van der Waals surface area contributed by atoms with Crippen LogP contribution in [0.2, 0.25) is 5.02 Å². The fourth-order valence-corrected chi connectivity index (χ4v) is 2.66. The molecular formula is C16H15ClN2O2. The van der Waals surface area contributed by atoms with Crippen LogP contribution in [-0.2, 0) is 6.54 Å². The lowest BCUT2D eigenvalue weighted by Gasteiger charge is -2.10. The molecule has 0 amide bonds. The van der Waals surface area contributed by atoms with Gasteiger partial charge in [-0.05, 0) is 37.3 Å². The average Bonchev–Trinajstić information content (AvgIpc) is 2.84. The van der Waals surface area contributed by atoms with Crippen LogP contribution in [0.15, 0.2) is 36.4 Å². The van der Waals surface area contributed by atoms with Crippen molar-refractivity contribution in [2.75, 3.05) is 7.11 Å². The zero-order valence-electron chi connectivity index (χ0n) is 11.8. The van der Waals surface area contributed by atoms with Crippen molar-refractivity contribution in [3.8, 4) is 22.9 Å². The van der Waals surface area contributed by atoms with Crippen LogP contribution >= 0.6 is 11.6 Å². The van der Waals surface area contributed by atoms with Crippen LogP contribution in [0.25, 0.3) is 22.4 Å². The predicted molar refractivity (Wildman–Crippen MR) is 84.1 cm³/mol. The Labute approximate surface area is 127 Å². The van der Waals surface area contributed by atoms with Gasteiger partial charge in [-0.15, -0.1) is 0 Å². The summed E-state index contributed by atoms with van der Waals surface area (Å²) in [6.45, 7) is 2.76. The van der Waals surface area contributed by atoms with Gasteiger partial charge in [-0.2, -0.15) is 0 Å². The predicted octanol–water partition coefficient (Wildman–Crippen LogP) is 4.09. The van der Waals surface area contributed by atoms with Gasteiger partial charge in [0.1, 0.15) is 5.82 Å². The summed E-state index contributed by atoms with van der Waals surface area (Å²) in [5.74, 6) is 1.22. The number of imidazole rings is 1. The third-order valence-electron chi connectivity index (χ3n) is 3.49. The number of fused-ring (bicyclic) bond motifs is 1. The van der Waals surface area contributed by atoms with E-state index < -0.39 is 0 Å². The molecule has 0 aliphatic heterocycles. The van der Waals surface area contributed by atoms with E-state index in [1.165, 1.54) is 7.11 Å². The van der Waals surface area contributed by atoms with Crippen molar-refractivity contribution in [3.05, 3.63) is 41.4 Å². The number of nitrogens with zero attached hydrogens (tertiary/aromatic N) is 2. The zero-order chi connectivity index (χ0) is 15.0. The monoisotopic (exact) mass is 302 g/mol. The van der Waals surface area contributed by atoms with Crippen molar-refractivity contribution >= 4 is 22.6 Å². The molecule has 1 N–H and O–H groups in total. The van der Waals surface area contributed by atoms with Gasteiger partial charge in [0.15, 0.2) is 11.5 Å². The lowest BCUT2D eigenvalue weighted by atomic mass is 10.1. The Morgan fingerprint density at radius 2 is 2.10 bits per heavy atom. The molecule has 1 heterocycles. The minimum absolute atomic E-state index is 0.0936. The molecule has 0 aliphatic carbocycles. The number of aromatic nitrogens is 2. The number of halogens is 1. The smallest absolute Gasteiger partial charge is 0.168 e. The molecule has 0 saturated carbocycles. The highest BCUT2D eigenvalue weighted by Crippen LogP contribution is 2.37. The minimum atomic E-state index is 0.0936. The highest BCUT2D eigenvalue weighted by atomic mass is 35.5. The van der Waals surface area contributed by atoms with E-state index in [0.717, 1.165) is 17.6 Å². The molecule has 0 aliphatic rings. The zero-order valence-corrected chi connectivity index (χ0v) is 12.6. The van der Waals surface area contributed by atoms with Crippen LogP contribution in [0.4, 0.5) is 0 Å². The van der Waals surface area contributed by atoms with E-state index in [0.29, 0.717) is 22.2 Å². The highest BCUT2D eigenvalue weighted by molar-refractivity contribution is 6.31. The maximum Gasteiger partial charge on any atom is 0.168 e. The van der Waals surface area contributed by atoms with Crippen LogP contribution in [-0.4, -0.2) is 21.8 Å². The largest absolute Gasteiger partial charge is 0.504 e. The van der Waals surface area contributed by atoms with Gasteiger partial charge in [0.05, 0.1) is 23.7 Å². The second-order valence-electron chi connectivity index (χ2n) is 4.67. The number of ether oxygens (including phenoxy) is 1. The number of phenolic OH excluding ortho intramolecular Hbond substituents is 1. The fraction of sp³-hybridized carbons (Fsp3) is 0.188. The summed E-state index contributed by atoms with van der Waals surface area (Å²) in [6, 6.07) is 11.0. The summed E-state index contributed by atoms with van der Waals surface area (Å²) in [6.07, 6.45) is 0. The van der Waals surface area contributed by atoms with Gasteiger partial charge in [-0.1, -0.05) is 17.7 Å². The molecule has 0 atom stereocenters. The first kappa shape index (κ1) is 13.8. The van der Waals surface area contributed by atoms with Crippen LogP contribution in [0, 0.1) is 0 Å². The van der Waals surface area contributed by atoms with Crippen molar-refractivity contribution in [2.45, 2.75) is 13.5 Å². The molecule has 2 aromatic carbocycles. The van der Waals surface area contributed by atoms with E-state index in [2.05, 4.69) is 4.98 Å². The summed E-state index contributed by atoms with van der Waals surface area (Å²) < 4.78 is 7.19. The number of phenols is 1. The molecule has 0 radical (unpaired) electrons. The topological polar surface area (TPSA) is 47.3 Å². The summed E-state index contributed by atoms with van der Waals surface area (Å²) >= 11 is 6.07. The van der Waals surface area contributed by atoms with Crippen molar-refractivity contribution in [2.24, 2.45) is 0 Å². The quantitative estimate of drug-likeness (QED) is 0.792. The Morgan fingerprint density at radius 3 is 2.81 bits per heavy atom. The molecule has 3 rings (SSSR count). The fourth-order valence-electron chi connectivity index (χ4n) is 2.49. The Morgan fingerprint density at radius 1 is 1.29 bits per heavy atom. The summed E-state index contributed by atoms with van der Waals surface area (Å²) in [5, 5.41) is 11.0. The summed E-state index contributed by atoms with van der Waals surface area (Å²) in [4.78, 5) is 4.62. The van der Waals surface area contributed by atoms with Gasteiger partial charge in [0.2, 0.25) is 0 Å². The second kappa shape index (κ2) is 5.30. The van der Waals surface area contributed by atoms with Gasteiger partial charge in [0.25, 0.3) is 0 Å². The average molecular weight is 303 g/mol. The Hall–Kier alpha value is -2.20. The minimum Gasteiger partial charge on any atom is -0.504 e. The van der Waals surface area contributed by atoms with E-state index in [-0.39, 0.29) is 5.75 Å². The maximum atomic E-state index is 10.3. The van der Waals surface area contributed by atoms with Crippen LogP contribution in [0.5, 0.6) is 11.5 Å². The van der Waals surface area contributed by atoms with E-state index in [9.17, 15) is 5.11 Å². The maximum absolute atomic E-state index is 10.3. The SMILES string of the molecule is CCn1c(-c2cccc(OC)c2O)nc2ccc(Cl)cc21. The van der Waals surface area contributed by atoms with Gasteiger partial charge in [-0.25, -0.2) is 4.98 Å². The van der Waals surface area contributed by atoms with Crippen LogP contribution in [0.3, 0.4) is 0 Å². The molecule has 21 heavy (non-hydrogen) atoms. The number of rotatable bonds is 3. The van der Waals surface area contributed by atoms with Crippen LogP contribution in [0.1, 0.15) is 6.92 Å². The van der Waals surface area contributed by atoms with Crippen molar-refractivity contribution in [1.29, 1.82) is 0 Å². The molecular weight excluding hydrogens is 288 g/mol. The number of aryl methyl sites for hydroxylation is 1. The number of benzene rings is 2. The molecule has 0 spiro atoms. The molecule has 0 saturated heterocycles. The van der Waals surface area contributed by atoms with Crippen molar-refractivity contribution in [3.63, 3.8) is 0 Å². The standard InChI is InChI=1S/C16H15ClN2O2/c1-3-19-13-9-10(17)7-8-12(13)18-16(19)11-5-4-6-14(21-2)15(11)20/h4-9,20H,3H2,1-2H3. The van der Waals surface area contributed by atoms with E-state index in [1.54, 1.807) is 6.07 Å². The molecule has 4 nitrogen and oxygen atoms in total. The van der Waals surface area contributed by atoms with Crippen molar-refractivity contribution in [1.82, 2.24) is 9.55 Å². The number of hydrogen-bond acceptors (Lipinski definition) is 3. The second-order valence-corrected chi connectivity index (χ2v) is 5.11. The van der Waals surface area contributed by atoms with Crippen molar-refractivity contribution < 1.29 is 9.84 Å². The molecule has 0 fully saturated rings. The lowest BCUT2D eigenvalue weighted by Crippen LogP contribution is -1.98. The lowest BCUT2D eigenvalue weighted by molar-refractivity contribution is 0.374. The van der Waals surface area contributed by atoms with E-state index in [4.69, 9.17) is 16.3 Å². The number of para-hydroxylation sites is 1. The highest BCUT2D eigenvalue weighted by Gasteiger charge is 2.17. The van der Waals surface area contributed by atoms with Gasteiger partial charge in [0, 0.05) is 11.6 Å². The molecule has 3 aromatic rings. The van der Waals surface area contributed by atoms with Gasteiger partial charge < -0.3 is 14.4 Å². The van der Waals surface area contributed by atoms with Gasteiger partial charge in [-0.3, -0.25) is 0 Å². The normalized spacial score (nSPS) is 11.0. The molecule has 0 bridgehead atoms. The summed E-state index contributed by atoms with van der Waals surface area (Å²) in [5.41, 5.74) is 2.43. The number of hydrogen-bond donors (Lipinski definition) is 1.